The number of guanidine groups is 1. The van der Waals surface area contributed by atoms with Crippen LogP contribution in [0.4, 0.5) is 0 Å². The number of aromatic nitrogens is 1. The number of nitrogens with one attached hydrogen (secondary N) is 2. The summed E-state index contributed by atoms with van der Waals surface area (Å²) < 4.78 is 5.58. The second-order valence-corrected chi connectivity index (χ2v) is 7.60. The van der Waals surface area contributed by atoms with Crippen LogP contribution >= 0.6 is 35.3 Å². The number of aryl methyl sites for hydroxylation is 1. The van der Waals surface area contributed by atoms with Crippen LogP contribution in [-0.2, 0) is 11.3 Å². The summed E-state index contributed by atoms with van der Waals surface area (Å²) in [6, 6.07) is 0. The Morgan fingerprint density at radius 2 is 2.12 bits per heavy atom. The van der Waals surface area contributed by atoms with Gasteiger partial charge < -0.3 is 15.4 Å². The minimum Gasteiger partial charge on any atom is -0.382 e. The third-order valence-electron chi connectivity index (χ3n) is 4.60. The first-order chi connectivity index (χ1) is 11.2. The van der Waals surface area contributed by atoms with E-state index in [1.165, 1.54) is 30.6 Å². The van der Waals surface area contributed by atoms with Gasteiger partial charge in [0.05, 0.1) is 11.6 Å². The minimum absolute atomic E-state index is 0. The smallest absolute Gasteiger partial charge is 0.191 e. The molecule has 0 bridgehead atoms. The lowest BCUT2D eigenvalue weighted by molar-refractivity contribution is 0.105. The van der Waals surface area contributed by atoms with Gasteiger partial charge >= 0.3 is 0 Å². The van der Waals surface area contributed by atoms with E-state index in [9.17, 15) is 0 Å². The van der Waals surface area contributed by atoms with Crippen molar-refractivity contribution in [1.82, 2.24) is 15.6 Å². The Morgan fingerprint density at radius 3 is 2.71 bits per heavy atom. The maximum Gasteiger partial charge on any atom is 0.191 e. The molecule has 24 heavy (non-hydrogen) atoms. The molecule has 2 rings (SSSR count). The van der Waals surface area contributed by atoms with Gasteiger partial charge in [0.25, 0.3) is 0 Å². The number of nitrogens with zero attached hydrogens (tertiary/aromatic N) is 2. The van der Waals surface area contributed by atoms with E-state index in [1.54, 1.807) is 11.3 Å². The van der Waals surface area contributed by atoms with Crippen LogP contribution < -0.4 is 10.6 Å². The highest BCUT2D eigenvalue weighted by Crippen LogP contribution is 2.40. The molecule has 5 nitrogen and oxygen atoms in total. The van der Waals surface area contributed by atoms with Crippen LogP contribution in [0.2, 0.25) is 0 Å². The zero-order valence-corrected chi connectivity index (χ0v) is 18.2. The predicted molar refractivity (Wildman–Crippen MR) is 112 cm³/mol. The van der Waals surface area contributed by atoms with Crippen molar-refractivity contribution in [2.75, 3.05) is 26.8 Å². The van der Waals surface area contributed by atoms with Gasteiger partial charge in [-0.15, -0.1) is 35.3 Å². The van der Waals surface area contributed by atoms with Crippen molar-refractivity contribution in [2.24, 2.45) is 10.4 Å². The first-order valence-corrected chi connectivity index (χ1v) is 9.43. The normalized spacial score (nSPS) is 16.7. The van der Waals surface area contributed by atoms with Crippen LogP contribution in [0.25, 0.3) is 0 Å². The van der Waals surface area contributed by atoms with E-state index >= 15 is 0 Å². The Balaban J connectivity index is 0.00000288. The topological polar surface area (TPSA) is 58.5 Å². The maximum atomic E-state index is 5.58. The predicted octanol–water partition coefficient (Wildman–Crippen LogP) is 3.72. The molecule has 1 heterocycles. The Kier molecular flexibility index (Phi) is 10.1. The summed E-state index contributed by atoms with van der Waals surface area (Å²) in [5.41, 5.74) is 0.369. The van der Waals surface area contributed by atoms with Crippen molar-refractivity contribution in [3.63, 3.8) is 0 Å². The third kappa shape index (κ3) is 6.84. The summed E-state index contributed by atoms with van der Waals surface area (Å²) in [4.78, 5) is 9.87. The van der Waals surface area contributed by atoms with Crippen LogP contribution in [0.5, 0.6) is 0 Å². The van der Waals surface area contributed by atoms with E-state index in [0.717, 1.165) is 43.7 Å². The standard InChI is InChI=1S/C17H30N4OS.HI/c1-4-22-10-9-17(7-5-6-8-17)13-21-16(18-3)20-12-15-11-19-14(2)23-15;/h11H,4-10,12-13H2,1-3H3,(H2,18,20,21);1H. The van der Waals surface area contributed by atoms with Gasteiger partial charge in [-0.05, 0) is 38.5 Å². The van der Waals surface area contributed by atoms with Gasteiger partial charge in [-0.1, -0.05) is 12.8 Å². The lowest BCUT2D eigenvalue weighted by Crippen LogP contribution is -2.43. The molecule has 7 heteroatoms. The van der Waals surface area contributed by atoms with Crippen molar-refractivity contribution >= 4 is 41.3 Å². The molecule has 0 aliphatic heterocycles. The largest absolute Gasteiger partial charge is 0.382 e. The average Bonchev–Trinajstić information content (AvgIpc) is 3.18. The van der Waals surface area contributed by atoms with Gasteiger partial charge in [0.15, 0.2) is 5.96 Å². The molecular weight excluding hydrogens is 435 g/mol. The summed E-state index contributed by atoms with van der Waals surface area (Å²) in [6.45, 7) is 7.51. The zero-order valence-electron chi connectivity index (χ0n) is 15.1. The summed E-state index contributed by atoms with van der Waals surface area (Å²) in [6.07, 6.45) is 8.32. The molecule has 0 amide bonds. The SMILES string of the molecule is CCOCCC1(CNC(=NC)NCc2cnc(C)s2)CCCC1.I. The highest BCUT2D eigenvalue weighted by Gasteiger charge is 2.33. The summed E-state index contributed by atoms with van der Waals surface area (Å²) in [5, 5.41) is 8.01. The minimum atomic E-state index is 0. The third-order valence-corrected chi connectivity index (χ3v) is 5.51. The van der Waals surface area contributed by atoms with E-state index in [4.69, 9.17) is 4.74 Å². The fourth-order valence-electron chi connectivity index (χ4n) is 3.22. The number of hydrogen-bond donors (Lipinski definition) is 2. The Labute approximate surface area is 167 Å². The van der Waals surface area contributed by atoms with Crippen molar-refractivity contribution in [1.29, 1.82) is 0 Å². The van der Waals surface area contributed by atoms with E-state index < -0.39 is 0 Å². The van der Waals surface area contributed by atoms with Gasteiger partial charge in [-0.2, -0.15) is 0 Å². The van der Waals surface area contributed by atoms with Crippen molar-refractivity contribution in [2.45, 2.75) is 52.5 Å². The lowest BCUT2D eigenvalue weighted by atomic mass is 9.83. The molecule has 1 aliphatic rings. The fraction of sp³-hybridized carbons (Fsp3) is 0.765. The van der Waals surface area contributed by atoms with Gasteiger partial charge in [0.1, 0.15) is 0 Å². The Morgan fingerprint density at radius 1 is 1.38 bits per heavy atom. The molecule has 138 valence electrons. The number of halogens is 1. The van der Waals surface area contributed by atoms with Crippen molar-refractivity contribution < 1.29 is 4.74 Å². The second-order valence-electron chi connectivity index (χ2n) is 6.28. The maximum absolute atomic E-state index is 5.58. The summed E-state index contributed by atoms with van der Waals surface area (Å²) in [5.74, 6) is 0.874. The van der Waals surface area contributed by atoms with E-state index in [-0.39, 0.29) is 24.0 Å². The first kappa shape index (κ1) is 21.6. The van der Waals surface area contributed by atoms with E-state index in [2.05, 4.69) is 27.5 Å². The van der Waals surface area contributed by atoms with Gasteiger partial charge in [-0.3, -0.25) is 4.99 Å². The van der Waals surface area contributed by atoms with Crippen LogP contribution in [0, 0.1) is 12.3 Å². The average molecular weight is 466 g/mol. The molecule has 1 aromatic rings. The number of hydrogen-bond acceptors (Lipinski definition) is 4. The monoisotopic (exact) mass is 466 g/mol. The van der Waals surface area contributed by atoms with Crippen molar-refractivity contribution in [3.05, 3.63) is 16.1 Å². The number of thiazole rings is 1. The van der Waals surface area contributed by atoms with Gasteiger partial charge in [0, 0.05) is 37.9 Å². The van der Waals surface area contributed by atoms with E-state index in [0.29, 0.717) is 5.41 Å². The van der Waals surface area contributed by atoms with Gasteiger partial charge in [-0.25, -0.2) is 4.98 Å². The Bertz CT molecular complexity index is 501. The molecule has 1 fully saturated rings. The van der Waals surface area contributed by atoms with Gasteiger partial charge in [0.2, 0.25) is 0 Å². The van der Waals surface area contributed by atoms with Crippen molar-refractivity contribution in [3.8, 4) is 0 Å². The zero-order chi connectivity index (χ0) is 16.5. The lowest BCUT2D eigenvalue weighted by Gasteiger charge is -2.30. The fourth-order valence-corrected chi connectivity index (χ4v) is 3.96. The Hall–Kier alpha value is -0.410. The molecule has 0 saturated heterocycles. The second kappa shape index (κ2) is 11.3. The highest BCUT2D eigenvalue weighted by atomic mass is 127. The molecule has 0 radical (unpaired) electrons. The molecule has 1 aromatic heterocycles. The highest BCUT2D eigenvalue weighted by molar-refractivity contribution is 14.0. The first-order valence-electron chi connectivity index (χ1n) is 8.61. The molecule has 1 saturated carbocycles. The van der Waals surface area contributed by atoms with Crippen LogP contribution in [-0.4, -0.2) is 37.7 Å². The molecule has 0 atom stereocenters. The van der Waals surface area contributed by atoms with Crippen LogP contribution in [0.15, 0.2) is 11.2 Å². The molecule has 0 unspecified atom stereocenters. The number of aliphatic imine (C=N–C) groups is 1. The van der Waals surface area contributed by atoms with Crippen LogP contribution in [0.1, 0.15) is 48.9 Å². The summed E-state index contributed by atoms with van der Waals surface area (Å²) in [7, 11) is 1.83. The quantitative estimate of drug-likeness (QED) is 0.265. The molecular formula is C17H31IN4OS. The van der Waals surface area contributed by atoms with E-state index in [1.807, 2.05) is 20.2 Å². The molecule has 2 N–H and O–H groups in total. The number of rotatable bonds is 8. The summed E-state index contributed by atoms with van der Waals surface area (Å²) >= 11 is 1.72. The molecule has 0 aromatic carbocycles. The number of ether oxygens (including phenoxy) is 1. The van der Waals surface area contributed by atoms with Crippen LogP contribution in [0.3, 0.4) is 0 Å². The molecule has 0 spiro atoms. The molecule has 1 aliphatic carbocycles.